The molecule has 1 amide bonds. The van der Waals surface area contributed by atoms with Crippen LogP contribution in [0.5, 0.6) is 0 Å². The number of carbonyl (C=O) groups is 1. The molecule has 8 heteroatoms. The molecule has 4 rings (SSSR count). The first kappa shape index (κ1) is 19.7. The van der Waals surface area contributed by atoms with E-state index in [0.29, 0.717) is 29.5 Å². The van der Waals surface area contributed by atoms with Crippen LogP contribution in [0.4, 0.5) is 5.82 Å². The van der Waals surface area contributed by atoms with E-state index in [1.807, 2.05) is 37.3 Å². The Kier molecular flexibility index (Phi) is 5.54. The molecular formula is C22H19ClN6O. The van der Waals surface area contributed by atoms with E-state index in [-0.39, 0.29) is 11.6 Å². The summed E-state index contributed by atoms with van der Waals surface area (Å²) >= 11 is 6.07. The number of benzene rings is 1. The van der Waals surface area contributed by atoms with Crippen LogP contribution in [0.3, 0.4) is 0 Å². The first-order valence-corrected chi connectivity index (χ1v) is 9.71. The second kappa shape index (κ2) is 8.42. The average Bonchev–Trinajstić information content (AvgIpc) is 2.73. The quantitative estimate of drug-likeness (QED) is 0.513. The van der Waals surface area contributed by atoms with Crippen molar-refractivity contribution in [3.05, 3.63) is 88.2 Å². The van der Waals surface area contributed by atoms with Gasteiger partial charge in [0.05, 0.1) is 17.4 Å². The van der Waals surface area contributed by atoms with Crippen molar-refractivity contribution in [2.75, 3.05) is 5.73 Å². The van der Waals surface area contributed by atoms with Gasteiger partial charge in [0.15, 0.2) is 0 Å². The zero-order valence-corrected chi connectivity index (χ0v) is 17.0. The fourth-order valence-corrected chi connectivity index (χ4v) is 3.30. The summed E-state index contributed by atoms with van der Waals surface area (Å²) in [6.45, 7) is 2.18. The number of halogens is 1. The first-order chi connectivity index (χ1) is 14.5. The Balaban J connectivity index is 1.47. The molecule has 3 aromatic heterocycles. The summed E-state index contributed by atoms with van der Waals surface area (Å²) in [5.41, 5.74) is 10.1. The van der Waals surface area contributed by atoms with Crippen LogP contribution in [0, 0.1) is 6.92 Å². The SMILES string of the molecule is Cc1nc(N)ccc1CNC(=O)c1cncc(Cc2cnc3ccc(Cl)cc3c2)n1. The Morgan fingerprint density at radius 2 is 1.97 bits per heavy atom. The highest BCUT2D eigenvalue weighted by atomic mass is 35.5. The summed E-state index contributed by atoms with van der Waals surface area (Å²) in [5.74, 6) is 0.149. The maximum atomic E-state index is 12.5. The number of hydrogen-bond donors (Lipinski definition) is 2. The van der Waals surface area contributed by atoms with E-state index in [2.05, 4.69) is 25.3 Å². The Labute approximate surface area is 178 Å². The van der Waals surface area contributed by atoms with Crippen LogP contribution in [-0.4, -0.2) is 25.8 Å². The number of carbonyl (C=O) groups excluding carboxylic acids is 1. The lowest BCUT2D eigenvalue weighted by Gasteiger charge is -2.08. The zero-order valence-electron chi connectivity index (χ0n) is 16.3. The van der Waals surface area contributed by atoms with Crippen molar-refractivity contribution in [1.82, 2.24) is 25.3 Å². The molecule has 1 aromatic carbocycles. The minimum absolute atomic E-state index is 0.255. The summed E-state index contributed by atoms with van der Waals surface area (Å²) in [6.07, 6.45) is 5.39. The van der Waals surface area contributed by atoms with Crippen LogP contribution in [0.1, 0.15) is 33.0 Å². The molecule has 150 valence electrons. The number of nitrogen functional groups attached to an aromatic ring is 1. The predicted molar refractivity (Wildman–Crippen MR) is 116 cm³/mol. The van der Waals surface area contributed by atoms with E-state index in [1.165, 1.54) is 6.20 Å². The highest BCUT2D eigenvalue weighted by Gasteiger charge is 2.11. The Morgan fingerprint density at radius 1 is 1.10 bits per heavy atom. The smallest absolute Gasteiger partial charge is 0.271 e. The molecule has 0 aliphatic heterocycles. The van der Waals surface area contributed by atoms with E-state index >= 15 is 0 Å². The molecule has 0 bridgehead atoms. The van der Waals surface area contributed by atoms with Gasteiger partial charge in [0.2, 0.25) is 0 Å². The second-order valence-corrected chi connectivity index (χ2v) is 7.35. The van der Waals surface area contributed by atoms with Crippen LogP contribution >= 0.6 is 11.6 Å². The molecule has 3 heterocycles. The molecule has 0 spiro atoms. The average molecular weight is 419 g/mol. The van der Waals surface area contributed by atoms with Crippen molar-refractivity contribution in [3.63, 3.8) is 0 Å². The molecule has 7 nitrogen and oxygen atoms in total. The molecule has 3 N–H and O–H groups in total. The largest absolute Gasteiger partial charge is 0.384 e. The summed E-state index contributed by atoms with van der Waals surface area (Å²) in [6, 6.07) is 11.1. The molecule has 0 saturated carbocycles. The van der Waals surface area contributed by atoms with E-state index < -0.39 is 0 Å². The second-order valence-electron chi connectivity index (χ2n) is 6.92. The normalized spacial score (nSPS) is 10.9. The van der Waals surface area contributed by atoms with Gasteiger partial charge in [0.25, 0.3) is 5.91 Å². The number of nitrogens with two attached hydrogens (primary N) is 1. The third kappa shape index (κ3) is 4.52. The van der Waals surface area contributed by atoms with Gasteiger partial charge in [0.1, 0.15) is 11.5 Å². The highest BCUT2D eigenvalue weighted by molar-refractivity contribution is 6.31. The lowest BCUT2D eigenvalue weighted by Crippen LogP contribution is -2.25. The molecule has 0 aliphatic carbocycles. The third-order valence-corrected chi connectivity index (χ3v) is 4.89. The lowest BCUT2D eigenvalue weighted by atomic mass is 10.1. The molecule has 0 saturated heterocycles. The first-order valence-electron chi connectivity index (χ1n) is 9.33. The van der Waals surface area contributed by atoms with Crippen molar-refractivity contribution in [2.24, 2.45) is 0 Å². The molecular weight excluding hydrogens is 400 g/mol. The van der Waals surface area contributed by atoms with Gasteiger partial charge < -0.3 is 11.1 Å². The van der Waals surface area contributed by atoms with E-state index in [1.54, 1.807) is 18.5 Å². The zero-order chi connectivity index (χ0) is 21.1. The number of nitrogens with one attached hydrogen (secondary N) is 1. The number of pyridine rings is 2. The van der Waals surface area contributed by atoms with Crippen LogP contribution in [0.2, 0.25) is 5.02 Å². The van der Waals surface area contributed by atoms with Crippen LogP contribution in [-0.2, 0) is 13.0 Å². The van der Waals surface area contributed by atoms with Crippen LogP contribution in [0.25, 0.3) is 10.9 Å². The monoisotopic (exact) mass is 418 g/mol. The molecule has 0 atom stereocenters. The van der Waals surface area contributed by atoms with Gasteiger partial charge in [-0.3, -0.25) is 14.8 Å². The summed E-state index contributed by atoms with van der Waals surface area (Å²) in [4.78, 5) is 29.8. The Hall–Kier alpha value is -3.58. The molecule has 0 aliphatic rings. The number of hydrogen-bond acceptors (Lipinski definition) is 6. The highest BCUT2D eigenvalue weighted by Crippen LogP contribution is 2.19. The molecule has 0 radical (unpaired) electrons. The standard InChI is InChI=1S/C22H19ClN6O/c1-13-15(2-5-21(24)28-13)10-27-22(30)20-12-25-11-18(29-20)7-14-6-16-8-17(23)3-4-19(16)26-9-14/h2-6,8-9,11-12H,7,10H2,1H3,(H2,24,28)(H,27,30). The van der Waals surface area contributed by atoms with Crippen molar-refractivity contribution >= 4 is 34.2 Å². The lowest BCUT2D eigenvalue weighted by molar-refractivity contribution is 0.0945. The fourth-order valence-electron chi connectivity index (χ4n) is 3.12. The van der Waals surface area contributed by atoms with Gasteiger partial charge in [-0.2, -0.15) is 0 Å². The number of fused-ring (bicyclic) bond motifs is 1. The van der Waals surface area contributed by atoms with Crippen molar-refractivity contribution in [3.8, 4) is 0 Å². The van der Waals surface area contributed by atoms with Crippen LogP contribution < -0.4 is 11.1 Å². The Bertz CT molecular complexity index is 1240. The van der Waals surface area contributed by atoms with Gasteiger partial charge in [-0.1, -0.05) is 17.7 Å². The van der Waals surface area contributed by atoms with Crippen molar-refractivity contribution in [2.45, 2.75) is 19.9 Å². The molecule has 0 unspecified atom stereocenters. The maximum absolute atomic E-state index is 12.5. The fraction of sp³-hybridized carbons (Fsp3) is 0.136. The number of rotatable bonds is 5. The number of nitrogens with zero attached hydrogens (tertiary/aromatic N) is 4. The number of aromatic nitrogens is 4. The van der Waals surface area contributed by atoms with Gasteiger partial charge >= 0.3 is 0 Å². The number of aryl methyl sites for hydroxylation is 1. The predicted octanol–water partition coefficient (Wildman–Crippen LogP) is 3.48. The van der Waals surface area contributed by atoms with Gasteiger partial charge in [-0.25, -0.2) is 9.97 Å². The van der Waals surface area contributed by atoms with E-state index in [9.17, 15) is 4.79 Å². The van der Waals surface area contributed by atoms with Gasteiger partial charge in [-0.05, 0) is 48.4 Å². The van der Waals surface area contributed by atoms with E-state index in [0.717, 1.165) is 27.7 Å². The molecule has 4 aromatic rings. The topological polar surface area (TPSA) is 107 Å². The molecule has 0 fully saturated rings. The molecule has 30 heavy (non-hydrogen) atoms. The Morgan fingerprint density at radius 3 is 2.80 bits per heavy atom. The maximum Gasteiger partial charge on any atom is 0.271 e. The number of anilines is 1. The van der Waals surface area contributed by atoms with Gasteiger partial charge in [0, 0.05) is 41.5 Å². The van der Waals surface area contributed by atoms with Crippen LogP contribution in [0.15, 0.2) is 55.0 Å². The van der Waals surface area contributed by atoms with Crippen molar-refractivity contribution < 1.29 is 4.79 Å². The summed E-state index contributed by atoms with van der Waals surface area (Å²) in [7, 11) is 0. The minimum atomic E-state index is -0.302. The third-order valence-electron chi connectivity index (χ3n) is 4.66. The summed E-state index contributed by atoms with van der Waals surface area (Å²) < 4.78 is 0. The minimum Gasteiger partial charge on any atom is -0.384 e. The summed E-state index contributed by atoms with van der Waals surface area (Å²) in [5, 5.41) is 4.46. The van der Waals surface area contributed by atoms with Crippen molar-refractivity contribution in [1.29, 1.82) is 0 Å². The van der Waals surface area contributed by atoms with E-state index in [4.69, 9.17) is 17.3 Å². The number of amides is 1. The van der Waals surface area contributed by atoms with Gasteiger partial charge in [-0.15, -0.1) is 0 Å².